The zero-order chi connectivity index (χ0) is 24.1. The van der Waals surface area contributed by atoms with Gasteiger partial charge in [-0.3, -0.25) is 4.79 Å². The summed E-state index contributed by atoms with van der Waals surface area (Å²) in [5.74, 6) is -2.52. The van der Waals surface area contributed by atoms with Crippen LogP contribution in [-0.2, 0) is 22.6 Å². The Hall–Kier alpha value is -3.55. The molecule has 0 radical (unpaired) electrons. The van der Waals surface area contributed by atoms with Gasteiger partial charge in [-0.05, 0) is 30.5 Å². The highest BCUT2D eigenvalue weighted by Gasteiger charge is 2.38. The lowest BCUT2D eigenvalue weighted by Gasteiger charge is -2.13. The van der Waals surface area contributed by atoms with Crippen LogP contribution in [-0.4, -0.2) is 51.5 Å². The Labute approximate surface area is 183 Å². The van der Waals surface area contributed by atoms with Crippen molar-refractivity contribution < 1.29 is 40.8 Å². The number of carboxylic acids is 1. The molecule has 14 heteroatoms. The van der Waals surface area contributed by atoms with E-state index in [2.05, 4.69) is 15.2 Å². The van der Waals surface area contributed by atoms with E-state index >= 15 is 0 Å². The van der Waals surface area contributed by atoms with Gasteiger partial charge in [0.15, 0.2) is 11.5 Å². The number of sulfone groups is 1. The van der Waals surface area contributed by atoms with Gasteiger partial charge >= 0.3 is 12.1 Å². The number of hydrogen-bond acceptors (Lipinski definition) is 8. The summed E-state index contributed by atoms with van der Waals surface area (Å²) in [4.78, 5) is 28.5. The molecule has 1 aliphatic carbocycles. The third kappa shape index (κ3) is 4.51. The number of benzene rings is 1. The number of hydrogen-bond donors (Lipinski definition) is 1. The van der Waals surface area contributed by atoms with E-state index in [1.54, 1.807) is 0 Å². The predicted octanol–water partition coefficient (Wildman–Crippen LogP) is 2.54. The molecule has 1 aliphatic rings. The normalized spacial score (nSPS) is 14.4. The third-order valence-electron chi connectivity index (χ3n) is 4.95. The van der Waals surface area contributed by atoms with Gasteiger partial charge in [-0.2, -0.15) is 13.2 Å². The van der Waals surface area contributed by atoms with E-state index < -0.39 is 50.7 Å². The van der Waals surface area contributed by atoms with Crippen LogP contribution in [0.4, 0.5) is 13.2 Å². The van der Waals surface area contributed by atoms with Crippen molar-refractivity contribution in [2.45, 2.75) is 36.6 Å². The van der Waals surface area contributed by atoms with Gasteiger partial charge in [-0.1, -0.05) is 11.2 Å². The first kappa shape index (κ1) is 22.6. The summed E-state index contributed by atoms with van der Waals surface area (Å²) in [5.41, 5.74) is -2.40. The number of aromatic carboxylic acids is 1. The average molecular weight is 484 g/mol. The topological polar surface area (TPSA) is 145 Å². The molecule has 0 bridgehead atoms. The number of aromatic nitrogens is 4. The highest BCUT2D eigenvalue weighted by Crippen LogP contribution is 2.43. The molecule has 4 rings (SSSR count). The van der Waals surface area contributed by atoms with E-state index in [0.717, 1.165) is 29.4 Å². The van der Waals surface area contributed by atoms with Crippen molar-refractivity contribution in [2.24, 2.45) is 0 Å². The number of alkyl halides is 3. The fourth-order valence-electron chi connectivity index (χ4n) is 3.25. The third-order valence-corrected chi connectivity index (χ3v) is 5.80. The second-order valence-electron chi connectivity index (χ2n) is 7.55. The fraction of sp³-hybridized carbons (Fsp3) is 0.316. The van der Waals surface area contributed by atoms with E-state index in [9.17, 15) is 36.3 Å². The molecule has 0 saturated heterocycles. The van der Waals surface area contributed by atoms with Crippen molar-refractivity contribution in [1.29, 1.82) is 0 Å². The molecule has 0 aliphatic heterocycles. The Morgan fingerprint density at radius 1 is 1.27 bits per heavy atom. The van der Waals surface area contributed by atoms with Gasteiger partial charge < -0.3 is 9.63 Å². The Kier molecular flexibility index (Phi) is 5.35. The van der Waals surface area contributed by atoms with Crippen LogP contribution in [0.1, 0.15) is 62.1 Å². The number of carbonyl (C=O) groups excluding carboxylic acids is 1. The molecule has 10 nitrogen and oxygen atoms in total. The molecule has 2 heterocycles. The first-order valence-electron chi connectivity index (χ1n) is 9.43. The van der Waals surface area contributed by atoms with Gasteiger partial charge in [0.2, 0.25) is 15.5 Å². The molecule has 174 valence electrons. The Morgan fingerprint density at radius 3 is 2.52 bits per heavy atom. The number of ketones is 1. The zero-order valence-electron chi connectivity index (χ0n) is 16.8. The van der Waals surface area contributed by atoms with Crippen LogP contribution in [0.5, 0.6) is 0 Å². The van der Waals surface area contributed by atoms with E-state index in [-0.39, 0.29) is 28.4 Å². The number of carbonyl (C=O) groups is 2. The van der Waals surface area contributed by atoms with Crippen molar-refractivity contribution in [3.63, 3.8) is 0 Å². The molecular formula is C19H15F3N4O6S. The van der Waals surface area contributed by atoms with Crippen LogP contribution >= 0.6 is 0 Å². The van der Waals surface area contributed by atoms with Crippen molar-refractivity contribution in [2.75, 3.05) is 6.26 Å². The number of nitrogens with zero attached hydrogens (tertiary/aromatic N) is 4. The lowest BCUT2D eigenvalue weighted by molar-refractivity contribution is -0.137. The van der Waals surface area contributed by atoms with Gasteiger partial charge in [-0.15, -0.1) is 5.10 Å². The summed E-state index contributed by atoms with van der Waals surface area (Å²) >= 11 is 0. The van der Waals surface area contributed by atoms with E-state index in [1.807, 2.05) is 0 Å². The molecule has 2 aromatic heterocycles. The second-order valence-corrected chi connectivity index (χ2v) is 9.46. The summed E-state index contributed by atoms with van der Waals surface area (Å²) in [6.45, 7) is -0.431. The molecule has 0 spiro atoms. The van der Waals surface area contributed by atoms with Crippen molar-refractivity contribution in [3.8, 4) is 0 Å². The summed E-state index contributed by atoms with van der Waals surface area (Å²) in [5, 5.41) is 16.1. The fourth-order valence-corrected chi connectivity index (χ4v) is 3.74. The quantitative estimate of drug-likeness (QED) is 0.500. The van der Waals surface area contributed by atoms with Gasteiger partial charge in [0.25, 0.3) is 5.16 Å². The minimum atomic E-state index is -4.72. The summed E-state index contributed by atoms with van der Waals surface area (Å²) < 4.78 is 69.2. The van der Waals surface area contributed by atoms with E-state index in [1.165, 1.54) is 0 Å². The molecule has 33 heavy (non-hydrogen) atoms. The minimum Gasteiger partial charge on any atom is -0.476 e. The van der Waals surface area contributed by atoms with Crippen molar-refractivity contribution in [1.82, 2.24) is 19.9 Å². The Bertz CT molecular complexity index is 1370. The summed E-state index contributed by atoms with van der Waals surface area (Å²) in [6.07, 6.45) is -1.55. The minimum absolute atomic E-state index is 0.0726. The van der Waals surface area contributed by atoms with Crippen molar-refractivity contribution in [3.05, 3.63) is 58.2 Å². The van der Waals surface area contributed by atoms with Crippen LogP contribution in [0.25, 0.3) is 0 Å². The van der Waals surface area contributed by atoms with Gasteiger partial charge in [0.1, 0.15) is 11.9 Å². The predicted molar refractivity (Wildman–Crippen MR) is 103 cm³/mol. The Balaban J connectivity index is 1.82. The highest BCUT2D eigenvalue weighted by atomic mass is 32.2. The highest BCUT2D eigenvalue weighted by molar-refractivity contribution is 7.90. The molecular weight excluding hydrogens is 469 g/mol. The number of halogens is 3. The summed E-state index contributed by atoms with van der Waals surface area (Å²) in [7, 11) is -3.77. The molecule has 3 aromatic rings. The number of rotatable bonds is 7. The SMILES string of the molecule is CS(=O)(=O)c1ncn(Cc2cc(C(F)(F)F)ccc2C(=O)c2c(C(=O)O)noc2C2CC2)n1. The molecule has 0 amide bonds. The van der Waals surface area contributed by atoms with Crippen LogP contribution in [0.3, 0.4) is 0 Å². The van der Waals surface area contributed by atoms with Gasteiger partial charge in [-0.25, -0.2) is 22.9 Å². The molecule has 1 saturated carbocycles. The lowest BCUT2D eigenvalue weighted by atomic mass is 9.94. The zero-order valence-corrected chi connectivity index (χ0v) is 17.6. The van der Waals surface area contributed by atoms with Crippen molar-refractivity contribution >= 4 is 21.6 Å². The lowest BCUT2D eigenvalue weighted by Crippen LogP contribution is -2.16. The van der Waals surface area contributed by atoms with Crippen LogP contribution in [0, 0.1) is 0 Å². The van der Waals surface area contributed by atoms with Crippen LogP contribution in [0.2, 0.25) is 0 Å². The molecule has 1 fully saturated rings. The van der Waals surface area contributed by atoms with Crippen LogP contribution < -0.4 is 0 Å². The van der Waals surface area contributed by atoms with Crippen LogP contribution in [0.15, 0.2) is 34.2 Å². The van der Waals surface area contributed by atoms with Gasteiger partial charge in [0.05, 0.1) is 12.1 Å². The maximum Gasteiger partial charge on any atom is 0.416 e. The first-order valence-corrected chi connectivity index (χ1v) is 11.3. The smallest absolute Gasteiger partial charge is 0.416 e. The van der Waals surface area contributed by atoms with E-state index in [0.29, 0.717) is 18.9 Å². The Morgan fingerprint density at radius 2 is 1.97 bits per heavy atom. The maximum atomic E-state index is 13.3. The average Bonchev–Trinajstić information content (AvgIpc) is 3.26. The standard InChI is InChI=1S/C19H15F3N4O6S/c1-33(30,31)18-23-8-26(24-18)7-10-6-11(19(20,21)22)4-5-12(10)15(27)13-14(17(28)29)25-32-16(13)9-2-3-9/h4-6,8-9H,2-3,7H2,1H3,(H,28,29). The first-order chi connectivity index (χ1) is 15.4. The number of carboxylic acid groups (broad SMARTS) is 1. The molecule has 1 N–H and O–H groups in total. The second kappa shape index (κ2) is 7.79. The summed E-state index contributed by atoms with van der Waals surface area (Å²) in [6, 6.07) is 2.36. The van der Waals surface area contributed by atoms with E-state index in [4.69, 9.17) is 4.52 Å². The van der Waals surface area contributed by atoms with Gasteiger partial charge in [0, 0.05) is 17.7 Å². The molecule has 1 aromatic carbocycles. The molecule has 0 unspecified atom stereocenters. The maximum absolute atomic E-state index is 13.3. The molecule has 0 atom stereocenters. The largest absolute Gasteiger partial charge is 0.476 e. The monoisotopic (exact) mass is 484 g/mol.